The number of aryl methyl sites for hydroxylation is 1. The van der Waals surface area contributed by atoms with Gasteiger partial charge >= 0.3 is 6.09 Å². The van der Waals surface area contributed by atoms with E-state index in [2.05, 4.69) is 15.4 Å². The average molecular weight is 466 g/mol. The molecule has 1 aliphatic heterocycles. The van der Waals surface area contributed by atoms with Crippen molar-refractivity contribution >= 4 is 23.3 Å². The van der Waals surface area contributed by atoms with E-state index < -0.39 is 11.7 Å². The number of aromatic amines is 1. The summed E-state index contributed by atoms with van der Waals surface area (Å²) in [5, 5.41) is 7.27. The van der Waals surface area contributed by atoms with Gasteiger partial charge in [0.2, 0.25) is 0 Å². The van der Waals surface area contributed by atoms with Crippen molar-refractivity contribution in [2.45, 2.75) is 65.5 Å². The van der Waals surface area contributed by atoms with E-state index in [1.165, 1.54) is 4.52 Å². The molecule has 180 valence electrons. The van der Waals surface area contributed by atoms with Gasteiger partial charge in [0.1, 0.15) is 11.2 Å². The zero-order valence-corrected chi connectivity index (χ0v) is 20.3. The third-order valence-corrected chi connectivity index (χ3v) is 6.02. The second-order valence-electron chi connectivity index (χ2n) is 9.73. The van der Waals surface area contributed by atoms with Gasteiger partial charge in [-0.1, -0.05) is 12.1 Å². The summed E-state index contributed by atoms with van der Waals surface area (Å²) in [6, 6.07) is 8.47. The van der Waals surface area contributed by atoms with E-state index in [0.717, 1.165) is 25.0 Å². The number of amides is 2. The van der Waals surface area contributed by atoms with Crippen molar-refractivity contribution in [2.24, 2.45) is 0 Å². The van der Waals surface area contributed by atoms with Gasteiger partial charge in [-0.25, -0.2) is 4.79 Å². The van der Waals surface area contributed by atoms with Crippen LogP contribution in [0.15, 0.2) is 35.1 Å². The summed E-state index contributed by atoms with van der Waals surface area (Å²) < 4.78 is 6.72. The normalized spacial score (nSPS) is 16.5. The zero-order valence-electron chi connectivity index (χ0n) is 20.3. The van der Waals surface area contributed by atoms with Crippen LogP contribution in [0.3, 0.4) is 0 Å². The molecule has 1 fully saturated rings. The minimum Gasteiger partial charge on any atom is -0.444 e. The predicted molar refractivity (Wildman–Crippen MR) is 129 cm³/mol. The number of hydrogen-bond acceptors (Lipinski definition) is 5. The van der Waals surface area contributed by atoms with E-state index in [9.17, 15) is 14.4 Å². The number of ether oxygens (including phenoxy) is 1. The van der Waals surface area contributed by atoms with Crippen molar-refractivity contribution in [2.75, 3.05) is 11.9 Å². The topological polar surface area (TPSA) is 109 Å². The van der Waals surface area contributed by atoms with Gasteiger partial charge in [0, 0.05) is 23.9 Å². The summed E-state index contributed by atoms with van der Waals surface area (Å²) >= 11 is 0. The number of likely N-dealkylation sites (tertiary alicyclic amines) is 1. The van der Waals surface area contributed by atoms with Crippen molar-refractivity contribution in [3.05, 3.63) is 63.2 Å². The minimum atomic E-state index is -0.654. The number of hydrogen-bond donors (Lipinski definition) is 2. The SMILES string of the molecule is Cc1[nH]c2cc([C@@H]3CCCCN3C(=O)c3ccccc3NC(=O)OC(C)(C)C)nn2c(=O)c1C. The summed E-state index contributed by atoms with van der Waals surface area (Å²) in [6.45, 7) is 9.53. The lowest BCUT2D eigenvalue weighted by atomic mass is 9.98. The van der Waals surface area contributed by atoms with Crippen LogP contribution < -0.4 is 10.9 Å². The number of H-pyrrole nitrogens is 1. The number of carbonyl (C=O) groups excluding carboxylic acids is 2. The maximum atomic E-state index is 13.7. The van der Waals surface area contributed by atoms with Crippen molar-refractivity contribution in [3.63, 3.8) is 0 Å². The van der Waals surface area contributed by atoms with Gasteiger partial charge in [-0.2, -0.15) is 9.61 Å². The molecule has 0 saturated carbocycles. The van der Waals surface area contributed by atoms with Crippen molar-refractivity contribution in [1.82, 2.24) is 19.5 Å². The lowest BCUT2D eigenvalue weighted by Gasteiger charge is -2.35. The number of nitrogens with zero attached hydrogens (tertiary/aromatic N) is 3. The first kappa shape index (κ1) is 23.5. The first-order chi connectivity index (χ1) is 16.0. The second-order valence-corrected chi connectivity index (χ2v) is 9.73. The van der Waals surface area contributed by atoms with E-state index in [-0.39, 0.29) is 17.5 Å². The Bertz CT molecular complexity index is 1300. The fraction of sp³-hybridized carbons (Fsp3) is 0.440. The van der Waals surface area contributed by atoms with Crippen LogP contribution in [0.1, 0.15) is 73.4 Å². The number of carbonyl (C=O) groups is 2. The predicted octanol–water partition coefficient (Wildman–Crippen LogP) is 4.35. The standard InChI is InChI=1S/C25H31N5O4/c1-15-16(2)26-21-14-19(28-30(21)22(15)31)20-12-8-9-13-29(20)23(32)17-10-6-7-11-18(17)27-24(33)34-25(3,4)5/h6-7,10-11,14,20,26H,8-9,12-13H2,1-5H3,(H,27,33)/t20-/m0/s1. The first-order valence-electron chi connectivity index (χ1n) is 11.5. The van der Waals surface area contributed by atoms with Crippen LogP contribution >= 0.6 is 0 Å². The summed E-state index contributed by atoms with van der Waals surface area (Å²) in [5.74, 6) is -0.202. The smallest absolute Gasteiger partial charge is 0.412 e. The number of benzene rings is 1. The monoisotopic (exact) mass is 465 g/mol. The van der Waals surface area contributed by atoms with Crippen LogP contribution in [-0.4, -0.2) is 43.6 Å². The highest BCUT2D eigenvalue weighted by Crippen LogP contribution is 2.33. The summed E-state index contributed by atoms with van der Waals surface area (Å²) in [5.41, 5.74) is 2.63. The molecule has 4 rings (SSSR count). The van der Waals surface area contributed by atoms with Crippen molar-refractivity contribution in [3.8, 4) is 0 Å². The molecule has 0 aliphatic carbocycles. The first-order valence-corrected chi connectivity index (χ1v) is 11.5. The highest BCUT2D eigenvalue weighted by atomic mass is 16.6. The summed E-state index contributed by atoms with van der Waals surface area (Å²) in [6.07, 6.45) is 1.94. The Balaban J connectivity index is 1.66. The molecule has 34 heavy (non-hydrogen) atoms. The van der Waals surface area contributed by atoms with E-state index in [1.807, 2.05) is 13.0 Å². The van der Waals surface area contributed by atoms with Crippen LogP contribution in [0.2, 0.25) is 0 Å². The Morgan fingerprint density at radius 2 is 1.91 bits per heavy atom. The fourth-order valence-electron chi connectivity index (χ4n) is 4.24. The van der Waals surface area contributed by atoms with Gasteiger partial charge in [-0.05, 0) is 66.0 Å². The van der Waals surface area contributed by atoms with Gasteiger partial charge in [0.15, 0.2) is 0 Å². The number of rotatable bonds is 3. The Labute approximate surface area is 198 Å². The van der Waals surface area contributed by atoms with Gasteiger partial charge in [-0.3, -0.25) is 14.9 Å². The lowest BCUT2D eigenvalue weighted by Crippen LogP contribution is -2.39. The molecule has 0 unspecified atom stereocenters. The Morgan fingerprint density at radius 1 is 1.18 bits per heavy atom. The van der Waals surface area contributed by atoms with Gasteiger partial charge in [0.05, 0.1) is 23.0 Å². The highest BCUT2D eigenvalue weighted by Gasteiger charge is 2.32. The average Bonchev–Trinajstić information content (AvgIpc) is 3.20. The van der Waals surface area contributed by atoms with E-state index >= 15 is 0 Å². The molecule has 1 atom stereocenters. The molecule has 2 aromatic heterocycles. The molecule has 0 radical (unpaired) electrons. The van der Waals surface area contributed by atoms with Crippen molar-refractivity contribution < 1.29 is 14.3 Å². The van der Waals surface area contributed by atoms with Crippen molar-refractivity contribution in [1.29, 1.82) is 0 Å². The second kappa shape index (κ2) is 8.96. The maximum Gasteiger partial charge on any atom is 0.412 e. The summed E-state index contributed by atoms with van der Waals surface area (Å²) in [4.78, 5) is 43.7. The third kappa shape index (κ3) is 4.69. The van der Waals surface area contributed by atoms with E-state index in [0.29, 0.717) is 34.7 Å². The molecule has 2 N–H and O–H groups in total. The molecule has 0 spiro atoms. The molecule has 0 bridgehead atoms. The number of nitrogens with one attached hydrogen (secondary N) is 2. The molecular formula is C25H31N5O4. The van der Waals surface area contributed by atoms with Crippen LogP contribution in [0, 0.1) is 13.8 Å². The van der Waals surface area contributed by atoms with E-state index in [4.69, 9.17) is 4.74 Å². The Kier molecular flexibility index (Phi) is 6.20. The summed E-state index contributed by atoms with van der Waals surface area (Å²) in [7, 11) is 0. The van der Waals surface area contributed by atoms with E-state index in [1.54, 1.807) is 56.9 Å². The van der Waals surface area contributed by atoms with Crippen LogP contribution in [-0.2, 0) is 4.74 Å². The zero-order chi connectivity index (χ0) is 24.6. The molecule has 9 heteroatoms. The third-order valence-electron chi connectivity index (χ3n) is 6.02. The molecule has 3 heterocycles. The van der Waals surface area contributed by atoms with Crippen LogP contribution in [0.4, 0.5) is 10.5 Å². The molecule has 1 aliphatic rings. The molecule has 9 nitrogen and oxygen atoms in total. The molecular weight excluding hydrogens is 434 g/mol. The molecule has 3 aromatic rings. The largest absolute Gasteiger partial charge is 0.444 e. The number of fused-ring (bicyclic) bond motifs is 1. The van der Waals surface area contributed by atoms with Gasteiger partial charge in [-0.15, -0.1) is 0 Å². The highest BCUT2D eigenvalue weighted by molar-refractivity contribution is 6.02. The number of aromatic nitrogens is 3. The minimum absolute atomic E-state index is 0.168. The molecule has 1 saturated heterocycles. The fourth-order valence-corrected chi connectivity index (χ4v) is 4.24. The number of piperidine rings is 1. The van der Waals surface area contributed by atoms with Gasteiger partial charge in [0.25, 0.3) is 11.5 Å². The quantitative estimate of drug-likeness (QED) is 0.598. The van der Waals surface area contributed by atoms with Crippen LogP contribution in [0.25, 0.3) is 5.65 Å². The Morgan fingerprint density at radius 3 is 2.65 bits per heavy atom. The Hall–Kier alpha value is -3.62. The maximum absolute atomic E-state index is 13.7. The molecule has 2 amide bonds. The number of para-hydroxylation sites is 1. The molecule has 1 aromatic carbocycles. The van der Waals surface area contributed by atoms with Crippen LogP contribution in [0.5, 0.6) is 0 Å². The number of anilines is 1. The van der Waals surface area contributed by atoms with Gasteiger partial charge < -0.3 is 14.6 Å². The lowest BCUT2D eigenvalue weighted by molar-refractivity contribution is 0.0606.